The first-order chi connectivity index (χ1) is 16.4. The van der Waals surface area contributed by atoms with E-state index in [9.17, 15) is 14.4 Å². The van der Waals surface area contributed by atoms with E-state index >= 15 is 0 Å². The van der Waals surface area contributed by atoms with Crippen LogP contribution in [0.1, 0.15) is 63.1 Å². The molecule has 0 bridgehead atoms. The number of anilines is 1. The van der Waals surface area contributed by atoms with E-state index in [0.717, 1.165) is 18.4 Å². The van der Waals surface area contributed by atoms with Crippen molar-refractivity contribution in [3.8, 4) is 0 Å². The molecule has 34 heavy (non-hydrogen) atoms. The molecule has 1 aliphatic heterocycles. The van der Waals surface area contributed by atoms with E-state index in [0.29, 0.717) is 35.5 Å². The highest BCUT2D eigenvalue weighted by atomic mass is 16.5. The largest absolute Gasteiger partial charge is 0.466 e. The van der Waals surface area contributed by atoms with Gasteiger partial charge in [-0.15, -0.1) is 0 Å². The minimum atomic E-state index is -0.675. The summed E-state index contributed by atoms with van der Waals surface area (Å²) in [6.07, 6.45) is 2.42. The van der Waals surface area contributed by atoms with E-state index in [1.165, 1.54) is 7.11 Å². The number of hydrogen-bond acceptors (Lipinski definition) is 4. The summed E-state index contributed by atoms with van der Waals surface area (Å²) >= 11 is 0. The molecule has 2 aromatic carbocycles. The van der Waals surface area contributed by atoms with Gasteiger partial charge in [-0.3, -0.25) is 9.69 Å². The molecule has 0 aromatic heterocycles. The molecule has 0 saturated carbocycles. The number of carbonyl (C=O) groups is 3. The zero-order valence-electron chi connectivity index (χ0n) is 20.3. The molecule has 2 N–H and O–H groups in total. The molecule has 0 fully saturated rings. The van der Waals surface area contributed by atoms with Crippen molar-refractivity contribution in [3.05, 3.63) is 77.0 Å². The standard InChI is InChI=1S/C27H33N3O4/c1-5-7-16-30-18(3)23(26(32)34-4)24(29-27(30)33)20-14-11-15-21(17-20)28-25(31)22(6-2)19-12-9-8-10-13-19/h8-15,17,22,24H,5-7,16H2,1-4H3,(H,28,31)(H,29,33). The van der Waals surface area contributed by atoms with Gasteiger partial charge in [0.15, 0.2) is 0 Å². The molecular weight excluding hydrogens is 430 g/mol. The van der Waals surface area contributed by atoms with Gasteiger partial charge in [-0.2, -0.15) is 0 Å². The van der Waals surface area contributed by atoms with Gasteiger partial charge >= 0.3 is 12.0 Å². The number of amides is 3. The van der Waals surface area contributed by atoms with Gasteiger partial charge in [-0.25, -0.2) is 9.59 Å². The van der Waals surface area contributed by atoms with Crippen LogP contribution in [0.15, 0.2) is 65.9 Å². The molecule has 180 valence electrons. The molecule has 2 unspecified atom stereocenters. The molecule has 7 heteroatoms. The van der Waals surface area contributed by atoms with Crippen molar-refractivity contribution in [1.29, 1.82) is 0 Å². The highest BCUT2D eigenvalue weighted by Gasteiger charge is 2.36. The van der Waals surface area contributed by atoms with Crippen molar-refractivity contribution in [1.82, 2.24) is 10.2 Å². The highest BCUT2D eigenvalue weighted by Crippen LogP contribution is 2.33. The van der Waals surface area contributed by atoms with Crippen LogP contribution < -0.4 is 10.6 Å². The Bertz CT molecular complexity index is 1060. The number of urea groups is 1. The van der Waals surface area contributed by atoms with Gasteiger partial charge in [-0.05, 0) is 43.0 Å². The molecule has 1 aliphatic rings. The second-order valence-corrected chi connectivity index (χ2v) is 8.36. The Morgan fingerprint density at radius 2 is 1.85 bits per heavy atom. The van der Waals surface area contributed by atoms with Crippen molar-refractivity contribution < 1.29 is 19.1 Å². The Labute approximate surface area is 201 Å². The maximum Gasteiger partial charge on any atom is 0.337 e. The van der Waals surface area contributed by atoms with Crippen LogP contribution in [0, 0.1) is 0 Å². The summed E-state index contributed by atoms with van der Waals surface area (Å²) in [6.45, 7) is 6.32. The average Bonchev–Trinajstić information content (AvgIpc) is 2.84. The van der Waals surface area contributed by atoms with Gasteiger partial charge < -0.3 is 15.4 Å². The van der Waals surface area contributed by atoms with Gasteiger partial charge in [0, 0.05) is 17.9 Å². The molecule has 0 saturated heterocycles. The van der Waals surface area contributed by atoms with E-state index in [1.54, 1.807) is 30.0 Å². The molecular formula is C27H33N3O4. The quantitative estimate of drug-likeness (QED) is 0.505. The van der Waals surface area contributed by atoms with Gasteiger partial charge in [0.25, 0.3) is 0 Å². The number of carbonyl (C=O) groups excluding carboxylic acids is 3. The monoisotopic (exact) mass is 463 g/mol. The van der Waals surface area contributed by atoms with Gasteiger partial charge in [0.05, 0.1) is 24.6 Å². The molecule has 2 atom stereocenters. The summed E-state index contributed by atoms with van der Waals surface area (Å²) in [6, 6.07) is 15.9. The molecule has 3 amide bonds. The zero-order chi connectivity index (χ0) is 24.7. The predicted molar refractivity (Wildman–Crippen MR) is 132 cm³/mol. The van der Waals surface area contributed by atoms with Gasteiger partial charge in [0.2, 0.25) is 5.91 Å². The smallest absolute Gasteiger partial charge is 0.337 e. The number of hydrogen-bond donors (Lipinski definition) is 2. The van der Waals surface area contributed by atoms with Crippen LogP contribution in [0.5, 0.6) is 0 Å². The highest BCUT2D eigenvalue weighted by molar-refractivity contribution is 5.97. The molecule has 0 aliphatic carbocycles. The lowest BCUT2D eigenvalue weighted by Gasteiger charge is -2.35. The van der Waals surface area contributed by atoms with Crippen LogP contribution in [0.4, 0.5) is 10.5 Å². The number of nitrogens with one attached hydrogen (secondary N) is 2. The molecule has 2 aromatic rings. The van der Waals surface area contributed by atoms with Crippen molar-refractivity contribution in [2.24, 2.45) is 0 Å². The third kappa shape index (κ3) is 5.47. The number of ether oxygens (including phenoxy) is 1. The van der Waals surface area contributed by atoms with Crippen LogP contribution in [0.25, 0.3) is 0 Å². The van der Waals surface area contributed by atoms with Crippen molar-refractivity contribution >= 4 is 23.6 Å². The summed E-state index contributed by atoms with van der Waals surface area (Å²) in [5.41, 5.74) is 3.21. The van der Waals surface area contributed by atoms with E-state index in [4.69, 9.17) is 4.74 Å². The van der Waals surface area contributed by atoms with E-state index in [2.05, 4.69) is 10.6 Å². The molecule has 7 nitrogen and oxygen atoms in total. The number of unbranched alkanes of at least 4 members (excludes halogenated alkanes) is 1. The average molecular weight is 464 g/mol. The van der Waals surface area contributed by atoms with Crippen molar-refractivity contribution in [2.75, 3.05) is 19.0 Å². The van der Waals surface area contributed by atoms with E-state index < -0.39 is 12.0 Å². The number of rotatable bonds is 9. The fraction of sp³-hybridized carbons (Fsp3) is 0.370. The Hall–Kier alpha value is -3.61. The lowest BCUT2D eigenvalue weighted by Crippen LogP contribution is -2.48. The van der Waals surface area contributed by atoms with E-state index in [1.807, 2.05) is 50.2 Å². The SMILES string of the molecule is CCCCN1C(=O)NC(c2cccc(NC(=O)C(CC)c3ccccc3)c2)C(C(=O)OC)=C1C. The Morgan fingerprint density at radius 1 is 1.12 bits per heavy atom. The summed E-state index contributed by atoms with van der Waals surface area (Å²) in [5, 5.41) is 5.94. The second-order valence-electron chi connectivity index (χ2n) is 8.36. The Balaban J connectivity index is 1.90. The summed E-state index contributed by atoms with van der Waals surface area (Å²) in [5.74, 6) is -0.878. The third-order valence-corrected chi connectivity index (χ3v) is 6.15. The first-order valence-corrected chi connectivity index (χ1v) is 11.7. The first-order valence-electron chi connectivity index (χ1n) is 11.7. The van der Waals surface area contributed by atoms with Crippen LogP contribution >= 0.6 is 0 Å². The predicted octanol–water partition coefficient (Wildman–Crippen LogP) is 5.13. The fourth-order valence-corrected chi connectivity index (χ4v) is 4.27. The summed E-state index contributed by atoms with van der Waals surface area (Å²) in [7, 11) is 1.33. The lowest BCUT2D eigenvalue weighted by atomic mass is 9.93. The topological polar surface area (TPSA) is 87.7 Å². The molecule has 1 heterocycles. The second kappa shape index (κ2) is 11.5. The lowest BCUT2D eigenvalue weighted by molar-refractivity contribution is -0.136. The maximum absolute atomic E-state index is 13.0. The van der Waals surface area contributed by atoms with E-state index in [-0.39, 0.29) is 17.9 Å². The maximum atomic E-state index is 13.0. The van der Waals surface area contributed by atoms with Crippen molar-refractivity contribution in [2.45, 2.75) is 52.0 Å². The first kappa shape index (κ1) is 25.0. The molecule has 0 radical (unpaired) electrons. The number of nitrogens with zero attached hydrogens (tertiary/aromatic N) is 1. The molecule has 3 rings (SSSR count). The minimum absolute atomic E-state index is 0.107. The Morgan fingerprint density at radius 3 is 2.50 bits per heavy atom. The number of benzene rings is 2. The van der Waals surface area contributed by atoms with Gasteiger partial charge in [-0.1, -0.05) is 62.7 Å². The van der Waals surface area contributed by atoms with Gasteiger partial charge in [0.1, 0.15) is 0 Å². The van der Waals surface area contributed by atoms with Crippen LogP contribution in [0.3, 0.4) is 0 Å². The normalized spacial score (nSPS) is 16.6. The minimum Gasteiger partial charge on any atom is -0.466 e. The van der Waals surface area contributed by atoms with Crippen LogP contribution in [0.2, 0.25) is 0 Å². The van der Waals surface area contributed by atoms with Crippen molar-refractivity contribution in [3.63, 3.8) is 0 Å². The fourth-order valence-electron chi connectivity index (χ4n) is 4.27. The van der Waals surface area contributed by atoms with Crippen LogP contribution in [-0.2, 0) is 14.3 Å². The summed E-state index contributed by atoms with van der Waals surface area (Å²) in [4.78, 5) is 40.2. The number of esters is 1. The third-order valence-electron chi connectivity index (χ3n) is 6.15. The number of methoxy groups -OCH3 is 1. The molecule has 0 spiro atoms. The Kier molecular flexibility index (Phi) is 8.46. The van der Waals surface area contributed by atoms with Crippen LogP contribution in [-0.4, -0.2) is 36.5 Å². The zero-order valence-corrected chi connectivity index (χ0v) is 20.3. The number of allylic oxidation sites excluding steroid dienone is 1. The summed E-state index contributed by atoms with van der Waals surface area (Å²) < 4.78 is 5.05.